The molecule has 6 heteroatoms. The third-order valence-corrected chi connectivity index (χ3v) is 6.25. The predicted octanol–water partition coefficient (Wildman–Crippen LogP) is 6.33. The van der Waals surface area contributed by atoms with Gasteiger partial charge in [-0.3, -0.25) is 4.79 Å². The molecular weight excluding hydrogens is 462 g/mol. The van der Waals surface area contributed by atoms with Crippen LogP contribution in [-0.2, 0) is 13.0 Å². The molecule has 5 rings (SSSR count). The minimum Gasteiger partial charge on any atom is -0.497 e. The number of nitrogens with zero attached hydrogens (tertiary/aromatic N) is 3. The van der Waals surface area contributed by atoms with Crippen LogP contribution >= 0.6 is 0 Å². The number of aryl methyl sites for hydroxylation is 1. The lowest BCUT2D eigenvalue weighted by molar-refractivity contribution is 0.0736. The molecule has 186 valence electrons. The first-order valence-corrected chi connectivity index (χ1v) is 12.3. The summed E-state index contributed by atoms with van der Waals surface area (Å²) in [4.78, 5) is 16.0. The molecule has 0 fully saturated rings. The normalized spacial score (nSPS) is 10.9. The van der Waals surface area contributed by atoms with Gasteiger partial charge in [0.05, 0.1) is 12.8 Å². The number of ether oxygens (including phenoxy) is 1. The molecule has 0 spiro atoms. The number of carbonyl (C=O) groups is 1. The summed E-state index contributed by atoms with van der Waals surface area (Å²) in [5, 5.41) is 4.78. The maximum atomic E-state index is 14.1. The summed E-state index contributed by atoms with van der Waals surface area (Å²) in [5.41, 5.74) is 4.10. The Labute approximate surface area is 216 Å². The van der Waals surface area contributed by atoms with E-state index >= 15 is 0 Å². The molecule has 6 nitrogen and oxygen atoms in total. The highest BCUT2D eigenvalue weighted by atomic mass is 16.5. The van der Waals surface area contributed by atoms with Crippen molar-refractivity contribution in [2.45, 2.75) is 19.9 Å². The second kappa shape index (κ2) is 11.0. The lowest BCUT2D eigenvalue weighted by Gasteiger charge is -2.23. The van der Waals surface area contributed by atoms with Crippen molar-refractivity contribution in [1.29, 1.82) is 0 Å². The first kappa shape index (κ1) is 24.1. The number of aromatic nitrogens is 2. The molecule has 0 saturated carbocycles. The Kier molecular flexibility index (Phi) is 7.17. The van der Waals surface area contributed by atoms with E-state index in [-0.39, 0.29) is 5.91 Å². The fourth-order valence-electron chi connectivity index (χ4n) is 4.27. The Morgan fingerprint density at radius 3 is 2.19 bits per heavy atom. The Morgan fingerprint density at radius 1 is 0.892 bits per heavy atom. The van der Waals surface area contributed by atoms with Gasteiger partial charge in [-0.2, -0.15) is 5.10 Å². The Balaban J connectivity index is 1.53. The van der Waals surface area contributed by atoms with Crippen molar-refractivity contribution in [3.05, 3.63) is 126 Å². The highest BCUT2D eigenvalue weighted by molar-refractivity contribution is 5.94. The van der Waals surface area contributed by atoms with Crippen LogP contribution in [0.2, 0.25) is 0 Å². The first-order chi connectivity index (χ1) is 18.1. The molecule has 0 aliphatic rings. The molecule has 0 saturated heterocycles. The summed E-state index contributed by atoms with van der Waals surface area (Å²) in [5.74, 6) is 2.05. The van der Waals surface area contributed by atoms with Crippen LogP contribution in [0.15, 0.2) is 108 Å². The fraction of sp³-hybridized carbons (Fsp3) is 0.161. The fourth-order valence-corrected chi connectivity index (χ4v) is 4.27. The maximum Gasteiger partial charge on any atom is 0.272 e. The second-order valence-corrected chi connectivity index (χ2v) is 8.88. The molecule has 2 aromatic heterocycles. The topological polar surface area (TPSA) is 60.5 Å². The van der Waals surface area contributed by atoms with Crippen LogP contribution in [0.3, 0.4) is 0 Å². The van der Waals surface area contributed by atoms with Crippen LogP contribution < -0.4 is 4.74 Å². The van der Waals surface area contributed by atoms with Gasteiger partial charge in [-0.15, -0.1) is 0 Å². The van der Waals surface area contributed by atoms with Crippen molar-refractivity contribution in [2.75, 3.05) is 13.7 Å². The lowest BCUT2D eigenvalue weighted by atomic mass is 10.1. The molecule has 0 atom stereocenters. The number of hydrogen-bond donors (Lipinski definition) is 0. The number of methoxy groups -OCH3 is 1. The summed E-state index contributed by atoms with van der Waals surface area (Å²) in [7, 11) is 1.63. The molecule has 0 aliphatic carbocycles. The van der Waals surface area contributed by atoms with Crippen LogP contribution in [-0.4, -0.2) is 34.2 Å². The largest absolute Gasteiger partial charge is 0.497 e. The van der Waals surface area contributed by atoms with Gasteiger partial charge in [-0.05, 0) is 60.9 Å². The van der Waals surface area contributed by atoms with Crippen molar-refractivity contribution in [2.24, 2.45) is 0 Å². The van der Waals surface area contributed by atoms with Gasteiger partial charge in [-0.25, -0.2) is 4.68 Å². The van der Waals surface area contributed by atoms with E-state index in [2.05, 4.69) is 12.1 Å². The SMILES string of the molecule is COc1ccc(-n2nc(-c3ccc(C)o3)cc2C(=O)N(CCc2ccccc2)Cc2ccccc2)cc1. The number of carbonyl (C=O) groups excluding carboxylic acids is 1. The quantitative estimate of drug-likeness (QED) is 0.242. The zero-order valence-electron chi connectivity index (χ0n) is 21.0. The molecule has 0 aliphatic heterocycles. The molecule has 5 aromatic rings. The smallest absolute Gasteiger partial charge is 0.272 e. The van der Waals surface area contributed by atoms with Crippen molar-refractivity contribution in [1.82, 2.24) is 14.7 Å². The third kappa shape index (κ3) is 5.64. The van der Waals surface area contributed by atoms with Crippen LogP contribution in [0.25, 0.3) is 17.1 Å². The summed E-state index contributed by atoms with van der Waals surface area (Å²) in [6, 6.07) is 33.4. The highest BCUT2D eigenvalue weighted by Gasteiger charge is 2.24. The number of hydrogen-bond acceptors (Lipinski definition) is 4. The molecule has 0 N–H and O–H groups in total. The minimum atomic E-state index is -0.0994. The molecule has 0 bridgehead atoms. The van der Waals surface area contributed by atoms with E-state index in [0.717, 1.165) is 29.2 Å². The predicted molar refractivity (Wildman–Crippen MR) is 144 cm³/mol. The molecule has 0 radical (unpaired) electrons. The Bertz CT molecular complexity index is 1450. The monoisotopic (exact) mass is 491 g/mol. The summed E-state index contributed by atoms with van der Waals surface area (Å²) < 4.78 is 12.8. The van der Waals surface area contributed by atoms with Crippen LogP contribution in [0.5, 0.6) is 5.75 Å². The van der Waals surface area contributed by atoms with Gasteiger partial charge in [0.2, 0.25) is 0 Å². The van der Waals surface area contributed by atoms with Gasteiger partial charge < -0.3 is 14.1 Å². The van der Waals surface area contributed by atoms with E-state index in [9.17, 15) is 4.79 Å². The number of benzene rings is 3. The second-order valence-electron chi connectivity index (χ2n) is 8.88. The van der Waals surface area contributed by atoms with Crippen molar-refractivity contribution >= 4 is 5.91 Å². The van der Waals surface area contributed by atoms with E-state index in [1.807, 2.05) is 103 Å². The third-order valence-electron chi connectivity index (χ3n) is 6.25. The minimum absolute atomic E-state index is 0.0994. The van der Waals surface area contributed by atoms with E-state index in [1.165, 1.54) is 5.56 Å². The van der Waals surface area contributed by atoms with Gasteiger partial charge in [0.1, 0.15) is 22.9 Å². The maximum absolute atomic E-state index is 14.1. The van der Waals surface area contributed by atoms with Gasteiger partial charge >= 0.3 is 0 Å². The molecule has 0 unspecified atom stereocenters. The van der Waals surface area contributed by atoms with Crippen molar-refractivity contribution in [3.8, 4) is 22.9 Å². The van der Waals surface area contributed by atoms with E-state index in [1.54, 1.807) is 11.8 Å². The average molecular weight is 492 g/mol. The van der Waals surface area contributed by atoms with Crippen molar-refractivity contribution < 1.29 is 13.9 Å². The number of amides is 1. The van der Waals surface area contributed by atoms with Crippen LogP contribution in [0.1, 0.15) is 27.4 Å². The van der Waals surface area contributed by atoms with Crippen LogP contribution in [0.4, 0.5) is 0 Å². The highest BCUT2D eigenvalue weighted by Crippen LogP contribution is 2.26. The van der Waals surface area contributed by atoms with E-state index in [0.29, 0.717) is 30.2 Å². The summed E-state index contributed by atoms with van der Waals surface area (Å²) in [6.45, 7) is 2.96. The van der Waals surface area contributed by atoms with Gasteiger partial charge in [-0.1, -0.05) is 60.7 Å². The zero-order valence-corrected chi connectivity index (χ0v) is 21.0. The zero-order chi connectivity index (χ0) is 25.6. The van der Waals surface area contributed by atoms with Gasteiger partial charge in [0, 0.05) is 19.2 Å². The van der Waals surface area contributed by atoms with Gasteiger partial charge in [0.15, 0.2) is 5.76 Å². The summed E-state index contributed by atoms with van der Waals surface area (Å²) >= 11 is 0. The van der Waals surface area contributed by atoms with E-state index in [4.69, 9.17) is 14.3 Å². The van der Waals surface area contributed by atoms with Crippen LogP contribution in [0, 0.1) is 6.92 Å². The molecule has 37 heavy (non-hydrogen) atoms. The first-order valence-electron chi connectivity index (χ1n) is 12.3. The van der Waals surface area contributed by atoms with Crippen molar-refractivity contribution in [3.63, 3.8) is 0 Å². The molecule has 3 aromatic carbocycles. The lowest BCUT2D eigenvalue weighted by Crippen LogP contribution is -2.34. The summed E-state index contributed by atoms with van der Waals surface area (Å²) in [6.07, 6.45) is 0.750. The number of rotatable bonds is 9. The standard InChI is InChI=1S/C31H29N3O3/c1-23-13-18-30(37-23)28-21-29(34(32-28)26-14-16-27(36-2)17-15-26)31(35)33(22-25-11-7-4-8-12-25)20-19-24-9-5-3-6-10-24/h3-18,21H,19-20,22H2,1-2H3. The van der Waals surface area contributed by atoms with E-state index < -0.39 is 0 Å². The Morgan fingerprint density at radius 2 is 1.57 bits per heavy atom. The molecule has 2 heterocycles. The average Bonchev–Trinajstić information content (AvgIpc) is 3.58. The van der Waals surface area contributed by atoms with Gasteiger partial charge in [0.25, 0.3) is 5.91 Å². The molecule has 1 amide bonds. The number of furan rings is 1. The molecular formula is C31H29N3O3. The Hall–Kier alpha value is -4.58.